The minimum Gasteiger partial charge on any atom is -0.489 e. The second-order valence-electron chi connectivity index (χ2n) is 6.52. The molecular formula is C24H21FN2O4. The SMILES string of the molecule is COCCOc1ccc(F)cc1NC(=O)c1cccc(OCc2ccccc2C#N)c1. The van der Waals surface area contributed by atoms with Crippen LogP contribution in [0.4, 0.5) is 10.1 Å². The number of nitriles is 1. The van der Waals surface area contributed by atoms with Gasteiger partial charge in [-0.25, -0.2) is 4.39 Å². The largest absolute Gasteiger partial charge is 0.489 e. The fourth-order valence-electron chi connectivity index (χ4n) is 2.80. The molecule has 0 bridgehead atoms. The van der Waals surface area contributed by atoms with Gasteiger partial charge in [0.25, 0.3) is 5.91 Å². The summed E-state index contributed by atoms with van der Waals surface area (Å²) in [6, 6.07) is 19.8. The number of anilines is 1. The van der Waals surface area contributed by atoms with Gasteiger partial charge in [0.05, 0.1) is 23.9 Å². The van der Waals surface area contributed by atoms with Crippen molar-refractivity contribution in [2.24, 2.45) is 0 Å². The topological polar surface area (TPSA) is 80.6 Å². The Morgan fingerprint density at radius 1 is 1.03 bits per heavy atom. The number of amides is 1. The van der Waals surface area contributed by atoms with Gasteiger partial charge in [-0.1, -0.05) is 24.3 Å². The first-order valence-corrected chi connectivity index (χ1v) is 9.54. The number of methoxy groups -OCH3 is 1. The van der Waals surface area contributed by atoms with Gasteiger partial charge in [0.2, 0.25) is 0 Å². The molecule has 0 spiro atoms. The van der Waals surface area contributed by atoms with Gasteiger partial charge >= 0.3 is 0 Å². The Balaban J connectivity index is 1.70. The maximum Gasteiger partial charge on any atom is 0.255 e. The second-order valence-corrected chi connectivity index (χ2v) is 6.52. The second kappa shape index (κ2) is 10.8. The monoisotopic (exact) mass is 420 g/mol. The first-order valence-electron chi connectivity index (χ1n) is 9.54. The summed E-state index contributed by atoms with van der Waals surface area (Å²) in [5, 5.41) is 11.9. The van der Waals surface area contributed by atoms with Crippen molar-refractivity contribution in [1.82, 2.24) is 0 Å². The fraction of sp³-hybridized carbons (Fsp3) is 0.167. The van der Waals surface area contributed by atoms with E-state index < -0.39 is 11.7 Å². The first kappa shape index (κ1) is 21.8. The Kier molecular flexibility index (Phi) is 7.57. The predicted octanol–water partition coefficient (Wildman–Crippen LogP) is 4.55. The fourth-order valence-corrected chi connectivity index (χ4v) is 2.80. The number of hydrogen-bond acceptors (Lipinski definition) is 5. The van der Waals surface area contributed by atoms with Gasteiger partial charge < -0.3 is 19.5 Å². The van der Waals surface area contributed by atoms with Crippen LogP contribution in [0.1, 0.15) is 21.5 Å². The van der Waals surface area contributed by atoms with E-state index in [-0.39, 0.29) is 18.9 Å². The van der Waals surface area contributed by atoms with Gasteiger partial charge in [0.1, 0.15) is 30.5 Å². The minimum absolute atomic E-state index is 0.191. The Labute approximate surface area is 179 Å². The predicted molar refractivity (Wildman–Crippen MR) is 114 cm³/mol. The molecule has 0 saturated carbocycles. The highest BCUT2D eigenvalue weighted by molar-refractivity contribution is 6.05. The maximum atomic E-state index is 13.7. The molecule has 3 aromatic carbocycles. The Morgan fingerprint density at radius 2 is 1.87 bits per heavy atom. The van der Waals surface area contributed by atoms with E-state index in [1.165, 1.54) is 18.2 Å². The summed E-state index contributed by atoms with van der Waals surface area (Å²) in [6.07, 6.45) is 0. The zero-order valence-corrected chi connectivity index (χ0v) is 16.9. The van der Waals surface area contributed by atoms with E-state index in [1.54, 1.807) is 43.5 Å². The third kappa shape index (κ3) is 6.04. The van der Waals surface area contributed by atoms with E-state index >= 15 is 0 Å². The molecule has 0 aromatic heterocycles. The van der Waals surface area contributed by atoms with E-state index in [4.69, 9.17) is 14.2 Å². The zero-order valence-electron chi connectivity index (χ0n) is 16.9. The molecule has 0 saturated heterocycles. The number of ether oxygens (including phenoxy) is 3. The van der Waals surface area contributed by atoms with E-state index in [2.05, 4.69) is 11.4 Å². The van der Waals surface area contributed by atoms with Crippen LogP contribution in [0.5, 0.6) is 11.5 Å². The molecular weight excluding hydrogens is 399 g/mol. The summed E-state index contributed by atoms with van der Waals surface area (Å²) in [6.45, 7) is 0.813. The number of nitrogens with zero attached hydrogens (tertiary/aromatic N) is 1. The molecule has 0 aliphatic carbocycles. The molecule has 0 radical (unpaired) electrons. The standard InChI is InChI=1S/C24H21FN2O4/c1-29-11-12-30-23-10-9-20(25)14-22(23)27-24(28)17-7-4-8-21(13-17)31-16-19-6-3-2-5-18(19)15-26/h2-10,13-14H,11-12,16H2,1H3,(H,27,28). The van der Waals surface area contributed by atoms with Crippen LogP contribution in [0.3, 0.4) is 0 Å². The molecule has 1 amide bonds. The van der Waals surface area contributed by atoms with Gasteiger partial charge in [-0.15, -0.1) is 0 Å². The highest BCUT2D eigenvalue weighted by Gasteiger charge is 2.13. The van der Waals surface area contributed by atoms with Crippen LogP contribution >= 0.6 is 0 Å². The Hall–Kier alpha value is -3.89. The Bertz CT molecular complexity index is 1090. The average molecular weight is 420 g/mol. The highest BCUT2D eigenvalue weighted by atomic mass is 19.1. The lowest BCUT2D eigenvalue weighted by Gasteiger charge is -2.13. The van der Waals surface area contributed by atoms with Crippen LogP contribution in [-0.2, 0) is 11.3 Å². The summed E-state index contributed by atoms with van der Waals surface area (Å²) < 4.78 is 29.9. The van der Waals surface area contributed by atoms with Gasteiger partial charge in [-0.05, 0) is 36.4 Å². The molecule has 7 heteroatoms. The van der Waals surface area contributed by atoms with Gasteiger partial charge in [0.15, 0.2) is 0 Å². The van der Waals surface area contributed by atoms with E-state index in [0.717, 1.165) is 5.56 Å². The van der Waals surface area contributed by atoms with Crippen LogP contribution in [-0.4, -0.2) is 26.2 Å². The number of halogens is 1. The van der Waals surface area contributed by atoms with Crippen molar-refractivity contribution in [3.8, 4) is 17.6 Å². The van der Waals surface area contributed by atoms with Crippen molar-refractivity contribution in [3.63, 3.8) is 0 Å². The number of benzene rings is 3. The molecule has 6 nitrogen and oxygen atoms in total. The van der Waals surface area contributed by atoms with Crippen molar-refractivity contribution >= 4 is 11.6 Å². The molecule has 31 heavy (non-hydrogen) atoms. The molecule has 0 heterocycles. The molecule has 0 aliphatic rings. The van der Waals surface area contributed by atoms with E-state index in [0.29, 0.717) is 29.2 Å². The number of hydrogen-bond donors (Lipinski definition) is 1. The molecule has 3 aromatic rings. The van der Waals surface area contributed by atoms with E-state index in [9.17, 15) is 14.4 Å². The van der Waals surface area contributed by atoms with Crippen LogP contribution in [0.15, 0.2) is 66.7 Å². The smallest absolute Gasteiger partial charge is 0.255 e. The lowest BCUT2D eigenvalue weighted by Crippen LogP contribution is -2.14. The maximum absolute atomic E-state index is 13.7. The van der Waals surface area contributed by atoms with Crippen LogP contribution in [0, 0.1) is 17.1 Å². The molecule has 0 unspecified atom stereocenters. The summed E-state index contributed by atoms with van der Waals surface area (Å²) >= 11 is 0. The molecule has 0 aliphatic heterocycles. The van der Waals surface area contributed by atoms with Crippen LogP contribution in [0.25, 0.3) is 0 Å². The number of nitrogens with one attached hydrogen (secondary N) is 1. The van der Waals surface area contributed by atoms with Crippen molar-refractivity contribution in [3.05, 3.63) is 89.2 Å². The van der Waals surface area contributed by atoms with Gasteiger partial charge in [-0.3, -0.25) is 4.79 Å². The summed E-state index contributed by atoms with van der Waals surface area (Å²) in [5.41, 5.74) is 1.83. The van der Waals surface area contributed by atoms with Crippen molar-refractivity contribution in [2.75, 3.05) is 25.6 Å². The van der Waals surface area contributed by atoms with Gasteiger partial charge in [-0.2, -0.15) is 5.26 Å². The highest BCUT2D eigenvalue weighted by Crippen LogP contribution is 2.26. The average Bonchev–Trinajstić information content (AvgIpc) is 2.79. The minimum atomic E-state index is -0.498. The number of carbonyl (C=O) groups is 1. The zero-order chi connectivity index (χ0) is 22.1. The lowest BCUT2D eigenvalue weighted by molar-refractivity contribution is 0.102. The van der Waals surface area contributed by atoms with Crippen LogP contribution in [0.2, 0.25) is 0 Å². The molecule has 158 valence electrons. The van der Waals surface area contributed by atoms with Crippen molar-refractivity contribution in [1.29, 1.82) is 5.26 Å². The summed E-state index contributed by atoms with van der Waals surface area (Å²) in [7, 11) is 1.55. The number of rotatable bonds is 9. The molecule has 1 N–H and O–H groups in total. The van der Waals surface area contributed by atoms with E-state index in [1.807, 2.05) is 12.1 Å². The van der Waals surface area contributed by atoms with Gasteiger partial charge in [0, 0.05) is 24.3 Å². The van der Waals surface area contributed by atoms with Crippen molar-refractivity contribution < 1.29 is 23.4 Å². The summed E-state index contributed by atoms with van der Waals surface area (Å²) in [4.78, 5) is 12.7. The van der Waals surface area contributed by atoms with Crippen molar-refractivity contribution in [2.45, 2.75) is 6.61 Å². The normalized spacial score (nSPS) is 10.2. The first-order chi connectivity index (χ1) is 15.1. The molecule has 3 rings (SSSR count). The van der Waals surface area contributed by atoms with Crippen LogP contribution < -0.4 is 14.8 Å². The molecule has 0 atom stereocenters. The number of carbonyl (C=O) groups excluding carboxylic acids is 1. The third-order valence-corrected chi connectivity index (χ3v) is 4.36. The Morgan fingerprint density at radius 3 is 2.68 bits per heavy atom. The lowest BCUT2D eigenvalue weighted by atomic mass is 10.1. The quantitative estimate of drug-likeness (QED) is 0.514. The summed E-state index contributed by atoms with van der Waals surface area (Å²) in [5.74, 6) is -0.129. The third-order valence-electron chi connectivity index (χ3n) is 4.36. The molecule has 0 fully saturated rings.